The van der Waals surface area contributed by atoms with Gasteiger partial charge in [-0.3, -0.25) is 4.90 Å². The number of benzene rings is 2. The van der Waals surface area contributed by atoms with E-state index in [1.807, 2.05) is 0 Å². The number of likely N-dealkylation sites (N-methyl/N-ethyl adjacent to an activating group) is 1. The van der Waals surface area contributed by atoms with Gasteiger partial charge in [0, 0.05) is 14.1 Å². The molecule has 0 spiro atoms. The van der Waals surface area contributed by atoms with Crippen molar-refractivity contribution in [3.05, 3.63) is 59.7 Å². The maximum absolute atomic E-state index is 14.1. The van der Waals surface area contributed by atoms with E-state index in [0.29, 0.717) is 5.75 Å². The lowest BCUT2D eigenvalue weighted by Gasteiger charge is -2.23. The second-order valence-corrected chi connectivity index (χ2v) is 8.93. The molecule has 0 amide bonds. The van der Waals surface area contributed by atoms with Crippen molar-refractivity contribution in [2.24, 2.45) is 0 Å². The van der Waals surface area contributed by atoms with Crippen LogP contribution in [0.15, 0.2) is 47.4 Å². The maximum Gasteiger partial charge on any atom is 0.328 e. The highest BCUT2D eigenvalue weighted by atomic mass is 32.2. The van der Waals surface area contributed by atoms with E-state index in [-0.39, 0.29) is 23.7 Å². The molecule has 0 aliphatic rings. The molecule has 0 N–H and O–H groups in total. The largest absolute Gasteiger partial charge is 0.490 e. The Morgan fingerprint density at radius 2 is 1.53 bits per heavy atom. The zero-order chi connectivity index (χ0) is 22.5. The Bertz CT molecular complexity index is 959. The Kier molecular flexibility index (Phi) is 7.88. The van der Waals surface area contributed by atoms with Gasteiger partial charge in [0.1, 0.15) is 36.6 Å². The van der Waals surface area contributed by atoms with Crippen LogP contribution < -0.4 is 4.74 Å². The average Bonchev–Trinajstić information content (AvgIpc) is 2.68. The number of ether oxygens (including phenoxy) is 2. The molecule has 2 aromatic rings. The molecule has 0 saturated carbocycles. The highest BCUT2D eigenvalue weighted by molar-refractivity contribution is 7.89. The summed E-state index contributed by atoms with van der Waals surface area (Å²) in [7, 11) is 2.35. The fourth-order valence-corrected chi connectivity index (χ4v) is 3.56. The van der Waals surface area contributed by atoms with Crippen molar-refractivity contribution >= 4 is 16.0 Å². The van der Waals surface area contributed by atoms with Crippen molar-refractivity contribution in [1.29, 1.82) is 0 Å². The second kappa shape index (κ2) is 9.96. The highest BCUT2D eigenvalue weighted by Gasteiger charge is 2.30. The molecule has 0 bridgehead atoms. The molecule has 0 aliphatic carbocycles. The lowest BCUT2D eigenvalue weighted by molar-refractivity contribution is -0.150. The highest BCUT2D eigenvalue weighted by Crippen LogP contribution is 2.25. The first-order chi connectivity index (χ1) is 14.1. The van der Waals surface area contributed by atoms with E-state index in [1.54, 1.807) is 0 Å². The van der Waals surface area contributed by atoms with E-state index < -0.39 is 33.7 Å². The van der Waals surface area contributed by atoms with Crippen LogP contribution in [0, 0.1) is 11.6 Å². The molecule has 0 aliphatic heterocycles. The molecule has 0 aromatic heterocycles. The summed E-state index contributed by atoms with van der Waals surface area (Å²) in [5, 5.41) is 0. The van der Waals surface area contributed by atoms with Crippen LogP contribution in [0.3, 0.4) is 0 Å². The third-order valence-electron chi connectivity index (χ3n) is 4.21. The Labute approximate surface area is 174 Å². The first kappa shape index (κ1) is 23.7. The molecular weight excluding hydrogens is 418 g/mol. The van der Waals surface area contributed by atoms with E-state index in [0.717, 1.165) is 16.4 Å². The second-order valence-electron chi connectivity index (χ2n) is 6.78. The molecule has 0 heterocycles. The summed E-state index contributed by atoms with van der Waals surface area (Å²) in [6, 6.07) is 7.89. The van der Waals surface area contributed by atoms with Gasteiger partial charge < -0.3 is 9.47 Å². The van der Waals surface area contributed by atoms with Gasteiger partial charge in [-0.1, -0.05) is 6.07 Å². The van der Waals surface area contributed by atoms with Crippen LogP contribution in [0.25, 0.3) is 0 Å². The lowest BCUT2D eigenvalue weighted by atomic mass is 10.0. The number of rotatable bonds is 9. The van der Waals surface area contributed by atoms with E-state index >= 15 is 0 Å². The van der Waals surface area contributed by atoms with Gasteiger partial charge in [0.2, 0.25) is 10.0 Å². The minimum atomic E-state index is -3.54. The summed E-state index contributed by atoms with van der Waals surface area (Å²) in [4.78, 5) is 13.9. The lowest BCUT2D eigenvalue weighted by Crippen LogP contribution is -2.31. The predicted molar refractivity (Wildman–Crippen MR) is 107 cm³/mol. The zero-order valence-electron chi connectivity index (χ0n) is 17.1. The molecule has 7 nitrogen and oxygen atoms in total. The monoisotopic (exact) mass is 442 g/mol. The van der Waals surface area contributed by atoms with Crippen molar-refractivity contribution in [1.82, 2.24) is 9.21 Å². The van der Waals surface area contributed by atoms with Gasteiger partial charge in [-0.15, -0.1) is 0 Å². The van der Waals surface area contributed by atoms with E-state index in [1.165, 1.54) is 63.4 Å². The van der Waals surface area contributed by atoms with Crippen molar-refractivity contribution in [2.75, 3.05) is 41.4 Å². The Hall–Kier alpha value is -2.56. The van der Waals surface area contributed by atoms with Gasteiger partial charge in [-0.2, -0.15) is 0 Å². The molecule has 0 unspecified atom stereocenters. The van der Waals surface area contributed by atoms with Crippen molar-refractivity contribution in [3.8, 4) is 5.75 Å². The van der Waals surface area contributed by atoms with E-state index in [2.05, 4.69) is 0 Å². The molecule has 0 fully saturated rings. The van der Waals surface area contributed by atoms with Gasteiger partial charge in [0.05, 0.1) is 10.5 Å². The summed E-state index contributed by atoms with van der Waals surface area (Å²) >= 11 is 0. The van der Waals surface area contributed by atoms with Crippen LogP contribution in [0.4, 0.5) is 8.78 Å². The number of hydrogen-bond acceptors (Lipinski definition) is 6. The fraction of sp³-hybridized carbons (Fsp3) is 0.350. The minimum absolute atomic E-state index is 0.0224. The first-order valence-corrected chi connectivity index (χ1v) is 10.4. The van der Waals surface area contributed by atoms with Crippen LogP contribution in [0.2, 0.25) is 0 Å². The minimum Gasteiger partial charge on any atom is -0.490 e. The van der Waals surface area contributed by atoms with Crippen LogP contribution in [0.5, 0.6) is 5.75 Å². The number of halogens is 2. The summed E-state index contributed by atoms with van der Waals surface area (Å²) < 4.78 is 63.8. The van der Waals surface area contributed by atoms with Gasteiger partial charge >= 0.3 is 5.97 Å². The molecule has 30 heavy (non-hydrogen) atoms. The number of carbonyl (C=O) groups is 1. The Morgan fingerprint density at radius 3 is 2.03 bits per heavy atom. The molecular formula is C20H24F2N2O5S. The number of nitrogens with zero attached hydrogens (tertiary/aromatic N) is 2. The molecule has 164 valence electrons. The number of carbonyl (C=O) groups excluding carboxylic acids is 1. The van der Waals surface area contributed by atoms with Crippen LogP contribution in [-0.4, -0.2) is 65.0 Å². The van der Waals surface area contributed by atoms with Gasteiger partial charge in [-0.05, 0) is 50.5 Å². The third kappa shape index (κ3) is 5.53. The third-order valence-corrected chi connectivity index (χ3v) is 6.04. The SMILES string of the molecule is CN(C)[C@H](C(=O)OCCOc1ccc(S(=O)(=O)N(C)C)cc1)c1c(F)cccc1F. The summed E-state index contributed by atoms with van der Waals surface area (Å²) in [6.45, 7) is -0.178. The van der Waals surface area contributed by atoms with E-state index in [4.69, 9.17) is 9.47 Å². The number of esters is 1. The molecule has 0 radical (unpaired) electrons. The van der Waals surface area contributed by atoms with E-state index in [9.17, 15) is 22.0 Å². The molecule has 0 saturated heterocycles. The topological polar surface area (TPSA) is 76.1 Å². The molecule has 1 atom stereocenters. The average molecular weight is 442 g/mol. The Balaban J connectivity index is 1.95. The van der Waals surface area contributed by atoms with Crippen molar-refractivity contribution in [2.45, 2.75) is 10.9 Å². The van der Waals surface area contributed by atoms with Gasteiger partial charge in [0.25, 0.3) is 0 Å². The smallest absolute Gasteiger partial charge is 0.328 e. The summed E-state index contributed by atoms with van der Waals surface area (Å²) in [5.74, 6) is -2.11. The zero-order valence-corrected chi connectivity index (χ0v) is 17.9. The van der Waals surface area contributed by atoms with Crippen LogP contribution in [-0.2, 0) is 19.6 Å². The molecule has 10 heteroatoms. The standard InChI is InChI=1S/C20H24F2N2O5S/c1-23(2)19(18-16(21)6-5-7-17(18)22)20(25)29-13-12-28-14-8-10-15(11-9-14)30(26,27)24(3)4/h5-11,19H,12-13H2,1-4H3/t19-/m0/s1. The fourth-order valence-electron chi connectivity index (χ4n) is 2.66. The normalized spacial score (nSPS) is 12.8. The van der Waals surface area contributed by atoms with Gasteiger partial charge in [0.15, 0.2) is 0 Å². The van der Waals surface area contributed by atoms with Crippen LogP contribution >= 0.6 is 0 Å². The quantitative estimate of drug-likeness (QED) is 0.439. The van der Waals surface area contributed by atoms with Gasteiger partial charge in [-0.25, -0.2) is 26.3 Å². The maximum atomic E-state index is 14.1. The predicted octanol–water partition coefficient (Wildman–Crippen LogP) is 2.44. The van der Waals surface area contributed by atoms with Crippen molar-refractivity contribution < 1.29 is 31.5 Å². The summed E-state index contributed by atoms with van der Waals surface area (Å²) in [6.07, 6.45) is 0. The first-order valence-electron chi connectivity index (χ1n) is 8.98. The molecule has 2 rings (SSSR count). The Morgan fingerprint density at radius 1 is 0.967 bits per heavy atom. The number of sulfonamides is 1. The van der Waals surface area contributed by atoms with Crippen molar-refractivity contribution in [3.63, 3.8) is 0 Å². The summed E-state index contributed by atoms with van der Waals surface area (Å²) in [5.41, 5.74) is -0.383. The number of hydrogen-bond donors (Lipinski definition) is 0. The molecule has 2 aromatic carbocycles. The van der Waals surface area contributed by atoms with Crippen LogP contribution in [0.1, 0.15) is 11.6 Å².